The topological polar surface area (TPSA) is 143 Å². The summed E-state index contributed by atoms with van der Waals surface area (Å²) in [6.45, 7) is 6.81. The van der Waals surface area contributed by atoms with Gasteiger partial charge in [0.25, 0.3) is 5.91 Å². The molecule has 1 aromatic heterocycles. The van der Waals surface area contributed by atoms with Gasteiger partial charge < -0.3 is 25.8 Å². The number of anilines is 3. The Bertz CT molecular complexity index is 1670. The highest BCUT2D eigenvalue weighted by Crippen LogP contribution is 2.38. The molecule has 2 aliphatic heterocycles. The van der Waals surface area contributed by atoms with Crippen molar-refractivity contribution in [1.82, 2.24) is 24.7 Å². The standard InChI is InChI=1S/C29H36F2N8O4S/c1-29(2)17-39(44(42,43)21-12-18(30)11-19(31)13-21)16-23-26(29)35-36-27(23)34-28(41)22-6-5-20(38-9-7-37(4)8-10-38)14-24(22)33-25(40)15-32-3/h5-6,11-14,32H,7-10,15-17H2,1-4H3,(H,33,40)(H2,34,35,36,41). The van der Waals surface area contributed by atoms with Crippen LogP contribution in [-0.2, 0) is 26.8 Å². The molecule has 0 bridgehead atoms. The fraction of sp³-hybridized carbons (Fsp3) is 0.414. The van der Waals surface area contributed by atoms with Crippen LogP contribution in [0.15, 0.2) is 41.3 Å². The molecule has 1 fully saturated rings. The van der Waals surface area contributed by atoms with Gasteiger partial charge in [0, 0.05) is 67.7 Å². The molecule has 15 heteroatoms. The quantitative estimate of drug-likeness (QED) is 0.297. The number of rotatable bonds is 8. The zero-order valence-electron chi connectivity index (χ0n) is 25.0. The first-order valence-electron chi connectivity index (χ1n) is 14.2. The van der Waals surface area contributed by atoms with E-state index in [1.54, 1.807) is 33.0 Å². The SMILES string of the molecule is CNCC(=O)Nc1cc(N2CCN(C)CC2)ccc1C(=O)Nc1n[nH]c2c1CN(S(=O)(=O)c1cc(F)cc(F)c1)CC2(C)C. The van der Waals surface area contributed by atoms with Crippen LogP contribution < -0.4 is 20.9 Å². The van der Waals surface area contributed by atoms with Gasteiger partial charge in [-0.25, -0.2) is 17.2 Å². The maximum atomic E-state index is 13.9. The zero-order chi connectivity index (χ0) is 31.8. The van der Waals surface area contributed by atoms with Crippen molar-refractivity contribution in [1.29, 1.82) is 0 Å². The minimum Gasteiger partial charge on any atom is -0.369 e. The van der Waals surface area contributed by atoms with Crippen molar-refractivity contribution < 1.29 is 26.8 Å². The van der Waals surface area contributed by atoms with Gasteiger partial charge in [0.05, 0.1) is 22.7 Å². The van der Waals surface area contributed by atoms with E-state index in [9.17, 15) is 26.8 Å². The fourth-order valence-corrected chi connectivity index (χ4v) is 7.17. The summed E-state index contributed by atoms with van der Waals surface area (Å²) in [4.78, 5) is 30.1. The van der Waals surface area contributed by atoms with Crippen LogP contribution in [0.2, 0.25) is 0 Å². The lowest BCUT2D eigenvalue weighted by molar-refractivity contribution is -0.115. The lowest BCUT2D eigenvalue weighted by atomic mass is 9.84. The van der Waals surface area contributed by atoms with Crippen LogP contribution >= 0.6 is 0 Å². The molecule has 5 rings (SSSR count). The first-order chi connectivity index (χ1) is 20.8. The second-order valence-electron chi connectivity index (χ2n) is 11.7. The highest BCUT2D eigenvalue weighted by molar-refractivity contribution is 7.89. The van der Waals surface area contributed by atoms with E-state index in [-0.39, 0.29) is 36.9 Å². The van der Waals surface area contributed by atoms with Gasteiger partial charge in [-0.3, -0.25) is 14.7 Å². The van der Waals surface area contributed by atoms with Crippen molar-refractivity contribution in [2.24, 2.45) is 0 Å². The number of sulfonamides is 1. The summed E-state index contributed by atoms with van der Waals surface area (Å²) < 4.78 is 55.9. The third-order valence-electron chi connectivity index (χ3n) is 7.88. The van der Waals surface area contributed by atoms with E-state index in [0.717, 1.165) is 48.3 Å². The molecular formula is C29H36F2N8O4S. The van der Waals surface area contributed by atoms with Gasteiger partial charge in [-0.05, 0) is 44.4 Å². The molecule has 2 amide bonds. The molecule has 0 aliphatic carbocycles. The van der Waals surface area contributed by atoms with Crippen LogP contribution in [0.3, 0.4) is 0 Å². The van der Waals surface area contributed by atoms with Crippen LogP contribution in [0, 0.1) is 11.6 Å². The van der Waals surface area contributed by atoms with Gasteiger partial charge in [-0.1, -0.05) is 13.8 Å². The number of aromatic nitrogens is 2. The number of amides is 2. The summed E-state index contributed by atoms with van der Waals surface area (Å²) in [5.74, 6) is -2.79. The number of hydrogen-bond donors (Lipinski definition) is 4. The number of halogens is 2. The van der Waals surface area contributed by atoms with E-state index in [1.807, 2.05) is 6.07 Å². The molecule has 2 aromatic carbocycles. The minimum absolute atomic E-state index is 0.00540. The molecule has 12 nitrogen and oxygen atoms in total. The van der Waals surface area contributed by atoms with Gasteiger partial charge in [0.1, 0.15) is 11.6 Å². The Balaban J connectivity index is 1.44. The molecule has 0 saturated carbocycles. The van der Waals surface area contributed by atoms with Crippen LogP contribution in [0.5, 0.6) is 0 Å². The summed E-state index contributed by atoms with van der Waals surface area (Å²) in [7, 11) is -0.605. The molecule has 1 saturated heterocycles. The first kappa shape index (κ1) is 31.5. The molecule has 3 aromatic rings. The van der Waals surface area contributed by atoms with Crippen molar-refractivity contribution in [3.8, 4) is 0 Å². The highest BCUT2D eigenvalue weighted by Gasteiger charge is 2.41. The number of aromatic amines is 1. The summed E-state index contributed by atoms with van der Waals surface area (Å²) in [6, 6.07) is 7.38. The average molecular weight is 631 g/mol. The fourth-order valence-electron chi connectivity index (χ4n) is 5.56. The number of fused-ring (bicyclic) bond motifs is 1. The van der Waals surface area contributed by atoms with E-state index in [2.05, 4.69) is 43.0 Å². The number of H-pyrrole nitrogens is 1. The number of likely N-dealkylation sites (N-methyl/N-ethyl adjacent to an activating group) is 2. The Hall–Kier alpha value is -3.92. The zero-order valence-corrected chi connectivity index (χ0v) is 25.8. The second-order valence-corrected chi connectivity index (χ2v) is 13.7. The second kappa shape index (κ2) is 12.2. The first-order valence-corrected chi connectivity index (χ1v) is 15.6. The number of piperazine rings is 1. The lowest BCUT2D eigenvalue weighted by Crippen LogP contribution is -2.45. The molecule has 0 atom stereocenters. The summed E-state index contributed by atoms with van der Waals surface area (Å²) >= 11 is 0. The van der Waals surface area contributed by atoms with Gasteiger partial charge in [-0.2, -0.15) is 9.40 Å². The Morgan fingerprint density at radius 1 is 1.02 bits per heavy atom. The van der Waals surface area contributed by atoms with Crippen molar-refractivity contribution >= 4 is 39.0 Å². The average Bonchev–Trinajstić information content (AvgIpc) is 3.36. The number of hydrogen-bond acceptors (Lipinski definition) is 8. The molecule has 0 unspecified atom stereocenters. The van der Waals surface area contributed by atoms with E-state index in [1.165, 1.54) is 0 Å². The highest BCUT2D eigenvalue weighted by atomic mass is 32.2. The molecule has 4 N–H and O–H groups in total. The number of nitrogens with zero attached hydrogens (tertiary/aromatic N) is 4. The van der Waals surface area contributed by atoms with E-state index >= 15 is 0 Å². The molecule has 0 radical (unpaired) electrons. The summed E-state index contributed by atoms with van der Waals surface area (Å²) in [6.07, 6.45) is 0. The number of carbonyl (C=O) groups is 2. The third kappa shape index (κ3) is 6.45. The molecule has 0 spiro atoms. The Labute approximate surface area is 254 Å². The predicted molar refractivity (Wildman–Crippen MR) is 162 cm³/mol. The Morgan fingerprint density at radius 3 is 2.36 bits per heavy atom. The number of benzene rings is 2. The van der Waals surface area contributed by atoms with Crippen LogP contribution in [0.4, 0.5) is 26.0 Å². The number of nitrogens with one attached hydrogen (secondary N) is 4. The monoisotopic (exact) mass is 630 g/mol. The predicted octanol–water partition coefficient (Wildman–Crippen LogP) is 2.33. The minimum atomic E-state index is -4.30. The van der Waals surface area contributed by atoms with E-state index < -0.39 is 37.9 Å². The number of carbonyl (C=O) groups excluding carboxylic acids is 2. The van der Waals surface area contributed by atoms with Gasteiger partial charge in [0.15, 0.2) is 5.82 Å². The lowest BCUT2D eigenvalue weighted by Gasteiger charge is -2.36. The van der Waals surface area contributed by atoms with Crippen molar-refractivity contribution in [2.45, 2.75) is 30.7 Å². The molecule has 236 valence electrons. The maximum Gasteiger partial charge on any atom is 0.258 e. The molecule has 44 heavy (non-hydrogen) atoms. The molecule has 3 heterocycles. The van der Waals surface area contributed by atoms with Crippen molar-refractivity contribution in [3.05, 3.63) is 64.9 Å². The molecule has 2 aliphatic rings. The molecular weight excluding hydrogens is 594 g/mol. The summed E-state index contributed by atoms with van der Waals surface area (Å²) in [5, 5.41) is 15.6. The maximum absolute atomic E-state index is 13.9. The van der Waals surface area contributed by atoms with Crippen molar-refractivity contribution in [2.75, 3.05) is 68.9 Å². The van der Waals surface area contributed by atoms with Crippen LogP contribution in [0.25, 0.3) is 0 Å². The van der Waals surface area contributed by atoms with E-state index in [0.29, 0.717) is 23.0 Å². The Kier molecular flexibility index (Phi) is 8.75. The van der Waals surface area contributed by atoms with Gasteiger partial charge in [0.2, 0.25) is 15.9 Å². The Morgan fingerprint density at radius 2 is 1.70 bits per heavy atom. The van der Waals surface area contributed by atoms with Gasteiger partial charge >= 0.3 is 0 Å². The van der Waals surface area contributed by atoms with E-state index in [4.69, 9.17) is 0 Å². The smallest absolute Gasteiger partial charge is 0.258 e. The van der Waals surface area contributed by atoms with Crippen LogP contribution in [-0.4, -0.2) is 93.0 Å². The third-order valence-corrected chi connectivity index (χ3v) is 9.65. The van der Waals surface area contributed by atoms with Crippen LogP contribution in [0.1, 0.15) is 35.5 Å². The summed E-state index contributed by atoms with van der Waals surface area (Å²) in [5.41, 5.74) is 1.64. The van der Waals surface area contributed by atoms with Gasteiger partial charge in [-0.15, -0.1) is 0 Å². The largest absolute Gasteiger partial charge is 0.369 e. The normalized spacial score (nSPS) is 17.3. The van der Waals surface area contributed by atoms with Crippen molar-refractivity contribution in [3.63, 3.8) is 0 Å².